The van der Waals surface area contributed by atoms with Gasteiger partial charge in [-0.15, -0.1) is 0 Å². The van der Waals surface area contributed by atoms with Gasteiger partial charge >= 0.3 is 0 Å². The lowest BCUT2D eigenvalue weighted by molar-refractivity contribution is 1.40. The summed E-state index contributed by atoms with van der Waals surface area (Å²) in [5.74, 6) is 0. The van der Waals surface area contributed by atoms with Crippen LogP contribution in [0.4, 0.5) is 0 Å². The third-order valence-corrected chi connectivity index (χ3v) is 2.56. The molecule has 84 valence electrons. The van der Waals surface area contributed by atoms with Crippen molar-refractivity contribution in [3.8, 4) is 0 Å². The summed E-state index contributed by atoms with van der Waals surface area (Å²) >= 11 is 0. The quantitative estimate of drug-likeness (QED) is 0.654. The molecule has 0 heteroatoms. The second kappa shape index (κ2) is 6.12. The molecular formula is C16H20. The Morgan fingerprint density at radius 1 is 0.750 bits per heavy atom. The van der Waals surface area contributed by atoms with E-state index in [0.717, 1.165) is 0 Å². The fourth-order valence-corrected chi connectivity index (χ4v) is 1.78. The van der Waals surface area contributed by atoms with Crippen LogP contribution in [0.5, 0.6) is 0 Å². The van der Waals surface area contributed by atoms with Crippen LogP contribution in [-0.2, 0) is 0 Å². The smallest absolute Gasteiger partial charge is 0.0219 e. The lowest BCUT2D eigenvalue weighted by Crippen LogP contribution is -1.88. The van der Waals surface area contributed by atoms with E-state index in [1.165, 1.54) is 22.3 Å². The fraction of sp³-hybridized carbons (Fsp3) is 0.250. The Kier molecular flexibility index (Phi) is 4.78. The van der Waals surface area contributed by atoms with Crippen LogP contribution in [0.15, 0.2) is 30.4 Å². The van der Waals surface area contributed by atoms with E-state index < -0.39 is 0 Å². The van der Waals surface area contributed by atoms with Gasteiger partial charge in [-0.2, -0.15) is 0 Å². The molecule has 1 rings (SSSR count). The number of benzene rings is 1. The van der Waals surface area contributed by atoms with Gasteiger partial charge in [0.05, 0.1) is 0 Å². The number of hydrogen-bond acceptors (Lipinski definition) is 0. The Balaban J connectivity index is 3.37. The van der Waals surface area contributed by atoms with E-state index in [1.54, 1.807) is 0 Å². The zero-order valence-electron chi connectivity index (χ0n) is 10.6. The lowest BCUT2D eigenvalue weighted by Gasteiger charge is -2.07. The minimum atomic E-state index is 1.26. The van der Waals surface area contributed by atoms with Crippen LogP contribution in [0, 0.1) is 6.92 Å². The first-order valence-electron chi connectivity index (χ1n) is 5.75. The molecule has 0 radical (unpaired) electrons. The Labute approximate surface area is 99.0 Å². The first-order chi connectivity index (χ1) is 7.72. The minimum absolute atomic E-state index is 1.26. The van der Waals surface area contributed by atoms with Crippen molar-refractivity contribution in [3.63, 3.8) is 0 Å². The largest absolute Gasteiger partial charge is 0.0871 e. The maximum absolute atomic E-state index is 2.22. The third-order valence-electron chi connectivity index (χ3n) is 2.56. The number of rotatable bonds is 3. The highest BCUT2D eigenvalue weighted by molar-refractivity contribution is 5.68. The average molecular weight is 212 g/mol. The van der Waals surface area contributed by atoms with E-state index in [-0.39, 0.29) is 0 Å². The molecule has 0 aliphatic carbocycles. The Morgan fingerprint density at radius 3 is 1.56 bits per heavy atom. The van der Waals surface area contributed by atoms with Gasteiger partial charge in [-0.3, -0.25) is 0 Å². The molecule has 0 atom stereocenters. The molecule has 0 saturated carbocycles. The van der Waals surface area contributed by atoms with Crippen LogP contribution in [0.1, 0.15) is 43.0 Å². The van der Waals surface area contributed by atoms with E-state index in [2.05, 4.69) is 69.4 Å². The molecule has 0 spiro atoms. The van der Waals surface area contributed by atoms with Gasteiger partial charge in [0.1, 0.15) is 0 Å². The van der Waals surface area contributed by atoms with Gasteiger partial charge in [0.25, 0.3) is 0 Å². The number of allylic oxidation sites excluding steroid dienone is 3. The predicted molar refractivity (Wildman–Crippen MR) is 75.3 cm³/mol. The summed E-state index contributed by atoms with van der Waals surface area (Å²) in [5, 5.41) is 0. The van der Waals surface area contributed by atoms with Gasteiger partial charge in [-0.1, -0.05) is 36.5 Å². The molecule has 0 aliphatic rings. The zero-order valence-corrected chi connectivity index (χ0v) is 10.6. The highest BCUT2D eigenvalue weighted by Gasteiger charge is 2.01. The molecule has 16 heavy (non-hydrogen) atoms. The van der Waals surface area contributed by atoms with Gasteiger partial charge in [-0.25, -0.2) is 0 Å². The maximum Gasteiger partial charge on any atom is -0.0219 e. The Hall–Kier alpha value is -1.56. The molecule has 0 saturated heterocycles. The van der Waals surface area contributed by atoms with Gasteiger partial charge in [-0.05, 0) is 62.1 Å². The number of hydrogen-bond donors (Lipinski definition) is 0. The van der Waals surface area contributed by atoms with E-state index in [0.29, 0.717) is 0 Å². The highest BCUT2D eigenvalue weighted by Crippen LogP contribution is 2.21. The monoisotopic (exact) mass is 212 g/mol. The molecule has 0 heterocycles. The average Bonchev–Trinajstić information content (AvgIpc) is 2.26. The van der Waals surface area contributed by atoms with Crippen molar-refractivity contribution in [2.24, 2.45) is 0 Å². The maximum atomic E-state index is 2.22. The van der Waals surface area contributed by atoms with Crippen molar-refractivity contribution in [2.45, 2.75) is 27.7 Å². The molecule has 0 aromatic heterocycles. The van der Waals surface area contributed by atoms with Crippen molar-refractivity contribution in [3.05, 3.63) is 52.6 Å². The molecule has 0 N–H and O–H groups in total. The Bertz CT molecular complexity index is 398. The molecule has 0 bridgehead atoms. The second-order valence-electron chi connectivity index (χ2n) is 3.82. The Morgan fingerprint density at radius 2 is 1.19 bits per heavy atom. The molecule has 0 nitrogen and oxygen atoms in total. The summed E-state index contributed by atoms with van der Waals surface area (Å²) in [4.78, 5) is 0. The van der Waals surface area contributed by atoms with Crippen LogP contribution >= 0.6 is 0 Å². The van der Waals surface area contributed by atoms with Crippen molar-refractivity contribution in [1.29, 1.82) is 0 Å². The lowest BCUT2D eigenvalue weighted by atomic mass is 9.97. The molecule has 0 amide bonds. The van der Waals surface area contributed by atoms with Crippen LogP contribution < -0.4 is 0 Å². The standard InChI is InChI=1S/C16H20/c1-5-8-14-11-15(9-6-2)13(4)16(12-14)10-7-3/h5-12H,1-4H3. The summed E-state index contributed by atoms with van der Waals surface area (Å²) in [7, 11) is 0. The third kappa shape index (κ3) is 2.96. The zero-order chi connectivity index (χ0) is 12.0. The first kappa shape index (κ1) is 12.5. The summed E-state index contributed by atoms with van der Waals surface area (Å²) < 4.78 is 0. The summed E-state index contributed by atoms with van der Waals surface area (Å²) in [6.07, 6.45) is 12.7. The first-order valence-corrected chi connectivity index (χ1v) is 5.75. The van der Waals surface area contributed by atoms with Crippen LogP contribution in [-0.4, -0.2) is 0 Å². The summed E-state index contributed by atoms with van der Waals surface area (Å²) in [6.45, 7) is 8.32. The predicted octanol–water partition coefficient (Wildman–Crippen LogP) is 5.09. The fourth-order valence-electron chi connectivity index (χ4n) is 1.78. The van der Waals surface area contributed by atoms with Crippen molar-refractivity contribution in [2.75, 3.05) is 0 Å². The van der Waals surface area contributed by atoms with Crippen LogP contribution in [0.25, 0.3) is 18.2 Å². The van der Waals surface area contributed by atoms with Gasteiger partial charge in [0.15, 0.2) is 0 Å². The van der Waals surface area contributed by atoms with E-state index in [4.69, 9.17) is 0 Å². The highest BCUT2D eigenvalue weighted by atomic mass is 14.1. The van der Waals surface area contributed by atoms with Crippen LogP contribution in [0.3, 0.4) is 0 Å². The van der Waals surface area contributed by atoms with Gasteiger partial charge in [0.2, 0.25) is 0 Å². The van der Waals surface area contributed by atoms with E-state index >= 15 is 0 Å². The van der Waals surface area contributed by atoms with Gasteiger partial charge < -0.3 is 0 Å². The normalized spacial score (nSPS) is 12.2. The molecular weight excluding hydrogens is 192 g/mol. The van der Waals surface area contributed by atoms with E-state index in [1.807, 2.05) is 6.92 Å². The molecule has 0 aliphatic heterocycles. The molecule has 1 aromatic rings. The van der Waals surface area contributed by atoms with Gasteiger partial charge in [0, 0.05) is 0 Å². The minimum Gasteiger partial charge on any atom is -0.0871 e. The van der Waals surface area contributed by atoms with Crippen molar-refractivity contribution < 1.29 is 0 Å². The molecule has 0 fully saturated rings. The van der Waals surface area contributed by atoms with Crippen LogP contribution in [0.2, 0.25) is 0 Å². The summed E-state index contributed by atoms with van der Waals surface area (Å²) in [6, 6.07) is 4.45. The SMILES string of the molecule is CC=Cc1cc(C=CC)c(C)c(C=CC)c1. The van der Waals surface area contributed by atoms with Crippen molar-refractivity contribution >= 4 is 18.2 Å². The molecule has 1 aromatic carbocycles. The van der Waals surface area contributed by atoms with Crippen molar-refractivity contribution in [1.82, 2.24) is 0 Å². The second-order valence-corrected chi connectivity index (χ2v) is 3.82. The molecule has 0 unspecified atom stereocenters. The summed E-state index contributed by atoms with van der Waals surface area (Å²) in [5.41, 5.74) is 5.19. The van der Waals surface area contributed by atoms with E-state index in [9.17, 15) is 0 Å². The topological polar surface area (TPSA) is 0 Å².